The molecule has 0 spiro atoms. The molecule has 2 N–H and O–H groups in total. The van der Waals surface area contributed by atoms with Crippen molar-refractivity contribution in [3.63, 3.8) is 0 Å². The van der Waals surface area contributed by atoms with Crippen LogP contribution in [0.4, 0.5) is 10.1 Å². The number of H-pyrrole nitrogens is 1. The fraction of sp³-hybridized carbons (Fsp3) is 0.250. The average Bonchev–Trinajstić information content (AvgIpc) is 2.56. The monoisotopic (exact) mass is 365 g/mol. The summed E-state index contributed by atoms with van der Waals surface area (Å²) in [6.07, 6.45) is -0.135. The molecule has 0 saturated heterocycles. The molecule has 0 radical (unpaired) electrons. The summed E-state index contributed by atoms with van der Waals surface area (Å²) in [5, 5.41) is 2.27. The Bertz CT molecular complexity index is 823. The topological polar surface area (TPSA) is 101 Å². The minimum atomic E-state index is -0.582. The van der Waals surface area contributed by atoms with Gasteiger partial charge < -0.3 is 15.0 Å². The molecule has 7 nitrogen and oxygen atoms in total. The standard InChI is InChI=1S/C16H16FN3O4S/c1-9(15(23)18-11-5-3-10(17)4-6-11)25-16-19-12(7-13(21)20-16)8-14(22)24-2/h3-7,9H,8H2,1-2H3,(H,18,23)(H,19,20,21)/t9-/m1/s1. The van der Waals surface area contributed by atoms with Gasteiger partial charge in [0.05, 0.1) is 24.5 Å². The van der Waals surface area contributed by atoms with Crippen molar-refractivity contribution in [1.29, 1.82) is 0 Å². The maximum atomic E-state index is 12.9. The number of esters is 1. The van der Waals surface area contributed by atoms with E-state index < -0.39 is 22.6 Å². The fourth-order valence-corrected chi connectivity index (χ4v) is 2.68. The van der Waals surface area contributed by atoms with E-state index in [0.717, 1.165) is 11.8 Å². The molecule has 1 atom stereocenters. The van der Waals surface area contributed by atoms with Crippen LogP contribution in [0.15, 0.2) is 40.3 Å². The second-order valence-corrected chi connectivity index (χ2v) is 6.38. The molecule has 2 rings (SSSR count). The summed E-state index contributed by atoms with van der Waals surface area (Å²) in [7, 11) is 1.24. The van der Waals surface area contributed by atoms with E-state index in [1.165, 1.54) is 37.4 Å². The Morgan fingerprint density at radius 2 is 2.04 bits per heavy atom. The normalized spacial score (nSPS) is 11.6. The lowest BCUT2D eigenvalue weighted by Gasteiger charge is -2.11. The Kier molecular flexibility index (Phi) is 6.29. The Morgan fingerprint density at radius 3 is 2.68 bits per heavy atom. The van der Waals surface area contributed by atoms with Gasteiger partial charge in [-0.25, -0.2) is 9.37 Å². The molecule has 0 bridgehead atoms. The molecule has 0 aliphatic heterocycles. The van der Waals surface area contributed by atoms with Crippen molar-refractivity contribution < 1.29 is 18.7 Å². The Labute approximate surface area is 147 Å². The van der Waals surface area contributed by atoms with Crippen LogP contribution in [0, 0.1) is 5.82 Å². The molecule has 1 heterocycles. The lowest BCUT2D eigenvalue weighted by atomic mass is 10.3. The van der Waals surface area contributed by atoms with Gasteiger partial charge in [-0.1, -0.05) is 11.8 Å². The maximum absolute atomic E-state index is 12.9. The molecule has 0 aliphatic rings. The number of anilines is 1. The van der Waals surface area contributed by atoms with Crippen LogP contribution < -0.4 is 10.9 Å². The number of carbonyl (C=O) groups is 2. The third-order valence-electron chi connectivity index (χ3n) is 3.10. The largest absolute Gasteiger partial charge is 0.469 e. The van der Waals surface area contributed by atoms with Gasteiger partial charge in [-0.05, 0) is 31.2 Å². The molecular weight excluding hydrogens is 349 g/mol. The number of hydrogen-bond acceptors (Lipinski definition) is 6. The number of hydrogen-bond donors (Lipinski definition) is 2. The summed E-state index contributed by atoms with van der Waals surface area (Å²) in [6.45, 7) is 1.64. The predicted octanol–water partition coefficient (Wildman–Crippen LogP) is 1.74. The summed E-state index contributed by atoms with van der Waals surface area (Å²) < 4.78 is 17.4. The summed E-state index contributed by atoms with van der Waals surface area (Å²) >= 11 is 1.03. The molecule has 1 aromatic heterocycles. The van der Waals surface area contributed by atoms with E-state index in [9.17, 15) is 18.8 Å². The zero-order chi connectivity index (χ0) is 18.4. The van der Waals surface area contributed by atoms with Crippen molar-refractivity contribution in [2.24, 2.45) is 0 Å². The molecule has 1 aromatic carbocycles. The minimum absolute atomic E-state index is 0.135. The van der Waals surface area contributed by atoms with Crippen LogP contribution in [0.2, 0.25) is 0 Å². The van der Waals surface area contributed by atoms with E-state index in [1.54, 1.807) is 6.92 Å². The van der Waals surface area contributed by atoms with Gasteiger partial charge in [-0.15, -0.1) is 0 Å². The number of ether oxygens (including phenoxy) is 1. The first-order valence-electron chi connectivity index (χ1n) is 7.27. The molecule has 0 unspecified atom stereocenters. The molecular formula is C16H16FN3O4S. The van der Waals surface area contributed by atoms with Crippen LogP contribution in [0.5, 0.6) is 0 Å². The first kappa shape index (κ1) is 18.7. The van der Waals surface area contributed by atoms with Crippen LogP contribution in [0.25, 0.3) is 0 Å². The van der Waals surface area contributed by atoms with Crippen LogP contribution in [-0.4, -0.2) is 34.2 Å². The number of benzene rings is 1. The Hall–Kier alpha value is -2.68. The zero-order valence-electron chi connectivity index (χ0n) is 13.5. The number of rotatable bonds is 6. The molecule has 0 fully saturated rings. The number of aromatic nitrogens is 2. The number of nitrogens with zero attached hydrogens (tertiary/aromatic N) is 1. The number of amides is 1. The average molecular weight is 365 g/mol. The quantitative estimate of drug-likeness (QED) is 0.459. The number of aromatic amines is 1. The van der Waals surface area contributed by atoms with Gasteiger partial charge >= 0.3 is 5.97 Å². The van der Waals surface area contributed by atoms with Crippen LogP contribution in [0.1, 0.15) is 12.6 Å². The lowest BCUT2D eigenvalue weighted by Crippen LogP contribution is -2.23. The molecule has 0 aliphatic carbocycles. The first-order valence-corrected chi connectivity index (χ1v) is 8.15. The van der Waals surface area contributed by atoms with E-state index >= 15 is 0 Å². The highest BCUT2D eigenvalue weighted by Gasteiger charge is 2.17. The third-order valence-corrected chi connectivity index (χ3v) is 4.08. The molecule has 9 heteroatoms. The first-order chi connectivity index (χ1) is 11.9. The van der Waals surface area contributed by atoms with E-state index in [4.69, 9.17) is 0 Å². The van der Waals surface area contributed by atoms with Crippen molar-refractivity contribution in [2.75, 3.05) is 12.4 Å². The van der Waals surface area contributed by atoms with Crippen LogP contribution in [0.3, 0.4) is 0 Å². The van der Waals surface area contributed by atoms with E-state index in [-0.39, 0.29) is 23.2 Å². The highest BCUT2D eigenvalue weighted by molar-refractivity contribution is 8.00. The van der Waals surface area contributed by atoms with Gasteiger partial charge in [-0.2, -0.15) is 0 Å². The predicted molar refractivity (Wildman–Crippen MR) is 90.9 cm³/mol. The molecule has 1 amide bonds. The highest BCUT2D eigenvalue weighted by atomic mass is 32.2. The highest BCUT2D eigenvalue weighted by Crippen LogP contribution is 2.20. The van der Waals surface area contributed by atoms with Crippen LogP contribution in [-0.2, 0) is 20.7 Å². The SMILES string of the molecule is COC(=O)Cc1cc(=O)[nH]c(S[C@H](C)C(=O)Nc2ccc(F)cc2)n1. The lowest BCUT2D eigenvalue weighted by molar-refractivity contribution is -0.139. The number of halogens is 1. The van der Waals surface area contributed by atoms with E-state index in [2.05, 4.69) is 20.0 Å². The van der Waals surface area contributed by atoms with Crippen molar-refractivity contribution >= 4 is 29.3 Å². The smallest absolute Gasteiger partial charge is 0.311 e. The molecule has 0 saturated carbocycles. The number of carbonyl (C=O) groups excluding carboxylic acids is 2. The summed E-state index contributed by atoms with van der Waals surface area (Å²) in [4.78, 5) is 41.8. The van der Waals surface area contributed by atoms with E-state index in [0.29, 0.717) is 5.69 Å². The fourth-order valence-electron chi connectivity index (χ4n) is 1.85. The van der Waals surface area contributed by atoms with Gasteiger partial charge in [0, 0.05) is 11.8 Å². The molecule has 25 heavy (non-hydrogen) atoms. The minimum Gasteiger partial charge on any atom is -0.469 e. The second kappa shape index (κ2) is 8.43. The molecule has 132 valence electrons. The summed E-state index contributed by atoms with van der Waals surface area (Å²) in [6, 6.07) is 6.57. The van der Waals surface area contributed by atoms with Gasteiger partial charge in [0.25, 0.3) is 5.56 Å². The summed E-state index contributed by atoms with van der Waals surface area (Å²) in [5.74, 6) is -1.25. The Balaban J connectivity index is 2.04. The van der Waals surface area contributed by atoms with Crippen molar-refractivity contribution in [2.45, 2.75) is 23.8 Å². The molecule has 2 aromatic rings. The number of nitrogens with one attached hydrogen (secondary N) is 2. The summed E-state index contributed by atoms with van der Waals surface area (Å²) in [5.41, 5.74) is 0.284. The Morgan fingerprint density at radius 1 is 1.36 bits per heavy atom. The maximum Gasteiger partial charge on any atom is 0.311 e. The van der Waals surface area contributed by atoms with E-state index in [1.807, 2.05) is 0 Å². The second-order valence-electron chi connectivity index (χ2n) is 5.05. The zero-order valence-corrected chi connectivity index (χ0v) is 14.4. The van der Waals surface area contributed by atoms with Crippen molar-refractivity contribution in [3.8, 4) is 0 Å². The van der Waals surface area contributed by atoms with Gasteiger partial charge in [0.15, 0.2) is 5.16 Å². The van der Waals surface area contributed by atoms with Crippen LogP contribution >= 0.6 is 11.8 Å². The number of thioether (sulfide) groups is 1. The van der Waals surface area contributed by atoms with Crippen molar-refractivity contribution in [1.82, 2.24) is 9.97 Å². The number of methoxy groups -OCH3 is 1. The van der Waals surface area contributed by atoms with Gasteiger partial charge in [0.1, 0.15) is 5.82 Å². The van der Waals surface area contributed by atoms with Gasteiger partial charge in [-0.3, -0.25) is 14.4 Å². The third kappa shape index (κ3) is 5.71. The van der Waals surface area contributed by atoms with Crippen molar-refractivity contribution in [3.05, 3.63) is 52.2 Å². The van der Waals surface area contributed by atoms with Gasteiger partial charge in [0.2, 0.25) is 5.91 Å².